The Kier molecular flexibility index (Phi) is 6.75. The minimum Gasteiger partial charge on any atom is -0.351 e. The quantitative estimate of drug-likeness (QED) is 0.458. The lowest BCUT2D eigenvalue weighted by Gasteiger charge is -2.18. The van der Waals surface area contributed by atoms with Crippen molar-refractivity contribution < 1.29 is 4.79 Å². The number of carbonyl (C=O) groups excluding carboxylic acids is 1. The Morgan fingerprint density at radius 1 is 1.25 bits per heavy atom. The molecule has 1 heterocycles. The lowest BCUT2D eigenvalue weighted by Crippen LogP contribution is -2.28. The lowest BCUT2D eigenvalue weighted by atomic mass is 10.2. The molecule has 0 unspecified atom stereocenters. The third-order valence-corrected chi connectivity index (χ3v) is 5.71. The minimum absolute atomic E-state index is 0.00151. The molecule has 0 spiro atoms. The van der Waals surface area contributed by atoms with Gasteiger partial charge in [-0.1, -0.05) is 54.6 Å². The van der Waals surface area contributed by atoms with E-state index in [1.807, 2.05) is 50.2 Å². The monoisotopic (exact) mass is 415 g/mol. The fraction of sp³-hybridized carbons (Fsp3) is 0.286. The van der Waals surface area contributed by atoms with Gasteiger partial charge >= 0.3 is 0 Å². The summed E-state index contributed by atoms with van der Waals surface area (Å²) < 4.78 is 1.69. The van der Waals surface area contributed by atoms with Crippen molar-refractivity contribution in [1.29, 1.82) is 0 Å². The molecule has 146 valence electrons. The maximum atomic E-state index is 12.9. The highest BCUT2D eigenvalue weighted by atomic mass is 35.5. The Hall–Kier alpha value is -2.31. The van der Waals surface area contributed by atoms with Crippen molar-refractivity contribution in [2.45, 2.75) is 38.0 Å². The van der Waals surface area contributed by atoms with Crippen molar-refractivity contribution in [3.8, 4) is 0 Å². The average molecular weight is 416 g/mol. The number of rotatable bonds is 7. The first-order chi connectivity index (χ1) is 13.5. The lowest BCUT2D eigenvalue weighted by molar-refractivity contribution is -0.118. The molecule has 0 aliphatic heterocycles. The van der Waals surface area contributed by atoms with Gasteiger partial charge in [0, 0.05) is 17.6 Å². The highest BCUT2D eigenvalue weighted by Crippen LogP contribution is 2.22. The van der Waals surface area contributed by atoms with Gasteiger partial charge in [-0.3, -0.25) is 14.2 Å². The zero-order chi connectivity index (χ0) is 20.1. The predicted molar refractivity (Wildman–Crippen MR) is 115 cm³/mol. The molecule has 3 rings (SSSR count). The minimum atomic E-state index is -0.122. The second-order valence-corrected chi connectivity index (χ2v) is 7.92. The zero-order valence-corrected chi connectivity index (χ0v) is 17.4. The Labute approximate surface area is 173 Å². The van der Waals surface area contributed by atoms with Gasteiger partial charge in [-0.25, -0.2) is 4.98 Å². The maximum Gasteiger partial charge on any atom is 0.262 e. The molecule has 28 heavy (non-hydrogen) atoms. The summed E-state index contributed by atoms with van der Waals surface area (Å²) in [7, 11) is 0. The Morgan fingerprint density at radius 2 is 2.04 bits per heavy atom. The molecular weight excluding hydrogens is 394 g/mol. The van der Waals surface area contributed by atoms with Gasteiger partial charge in [-0.05, 0) is 43.2 Å². The number of hydrogen-bond donors (Lipinski definition) is 1. The van der Waals surface area contributed by atoms with E-state index in [0.717, 1.165) is 12.0 Å². The van der Waals surface area contributed by atoms with Crippen molar-refractivity contribution in [2.75, 3.05) is 5.75 Å². The number of nitrogens with zero attached hydrogens (tertiary/aromatic N) is 2. The summed E-state index contributed by atoms with van der Waals surface area (Å²) in [6.45, 7) is 4.42. The Bertz CT molecular complexity index is 1050. The number of amides is 1. The van der Waals surface area contributed by atoms with Crippen LogP contribution in [0.4, 0.5) is 0 Å². The van der Waals surface area contributed by atoms with E-state index in [0.29, 0.717) is 27.6 Å². The fourth-order valence-electron chi connectivity index (χ4n) is 2.83. The van der Waals surface area contributed by atoms with Crippen molar-refractivity contribution >= 4 is 40.2 Å². The molecule has 1 aromatic heterocycles. The predicted octanol–water partition coefficient (Wildman–Crippen LogP) is 4.43. The van der Waals surface area contributed by atoms with E-state index in [2.05, 4.69) is 10.3 Å². The molecular formula is C21H22ClN3O2S. The van der Waals surface area contributed by atoms with Crippen LogP contribution in [0.15, 0.2) is 58.5 Å². The molecule has 2 aromatic carbocycles. The van der Waals surface area contributed by atoms with Crippen molar-refractivity contribution in [1.82, 2.24) is 14.9 Å². The van der Waals surface area contributed by atoms with Gasteiger partial charge in [0.1, 0.15) is 0 Å². The standard InChI is InChI=1S/C21H22ClN3O2S/c1-3-14(2)25-20(27)17-9-4-5-10-18(17)24-21(25)28-13-19(26)23-12-15-7-6-8-16(22)11-15/h4-11,14H,3,12-13H2,1-2H3,(H,23,26)/t14-/m0/s1. The zero-order valence-electron chi connectivity index (χ0n) is 15.8. The van der Waals surface area contributed by atoms with E-state index in [4.69, 9.17) is 11.6 Å². The normalized spacial score (nSPS) is 12.1. The molecule has 0 radical (unpaired) electrons. The third-order valence-electron chi connectivity index (χ3n) is 4.52. The number of benzene rings is 2. The number of nitrogens with one attached hydrogen (secondary N) is 1. The highest BCUT2D eigenvalue weighted by molar-refractivity contribution is 7.99. The van der Waals surface area contributed by atoms with Crippen LogP contribution in [0.5, 0.6) is 0 Å². The molecule has 0 bridgehead atoms. The summed E-state index contributed by atoms with van der Waals surface area (Å²) in [6, 6.07) is 14.7. The van der Waals surface area contributed by atoms with E-state index in [1.165, 1.54) is 11.8 Å². The van der Waals surface area contributed by atoms with Crippen LogP contribution in [0.25, 0.3) is 10.9 Å². The van der Waals surface area contributed by atoms with Gasteiger partial charge < -0.3 is 5.32 Å². The molecule has 0 fully saturated rings. The van der Waals surface area contributed by atoms with Gasteiger partial charge in [-0.15, -0.1) is 0 Å². The number of aromatic nitrogens is 2. The van der Waals surface area contributed by atoms with E-state index in [-0.39, 0.29) is 23.3 Å². The molecule has 1 atom stereocenters. The fourth-order valence-corrected chi connectivity index (χ4v) is 3.97. The van der Waals surface area contributed by atoms with Gasteiger partial charge in [-0.2, -0.15) is 0 Å². The first-order valence-corrected chi connectivity index (χ1v) is 10.5. The highest BCUT2D eigenvalue weighted by Gasteiger charge is 2.16. The van der Waals surface area contributed by atoms with Crippen LogP contribution >= 0.6 is 23.4 Å². The number of carbonyl (C=O) groups is 1. The van der Waals surface area contributed by atoms with Crippen LogP contribution in [-0.2, 0) is 11.3 Å². The number of hydrogen-bond acceptors (Lipinski definition) is 4. The van der Waals surface area contributed by atoms with Crippen LogP contribution in [-0.4, -0.2) is 21.2 Å². The van der Waals surface area contributed by atoms with Crippen molar-refractivity contribution in [2.24, 2.45) is 0 Å². The molecule has 0 saturated carbocycles. The van der Waals surface area contributed by atoms with Gasteiger partial charge in [0.2, 0.25) is 5.91 Å². The molecule has 5 nitrogen and oxygen atoms in total. The van der Waals surface area contributed by atoms with Crippen LogP contribution in [0.3, 0.4) is 0 Å². The number of thioether (sulfide) groups is 1. The third kappa shape index (κ3) is 4.75. The van der Waals surface area contributed by atoms with Crippen LogP contribution < -0.4 is 10.9 Å². The van der Waals surface area contributed by atoms with Crippen LogP contribution in [0.1, 0.15) is 31.9 Å². The van der Waals surface area contributed by atoms with E-state index < -0.39 is 0 Å². The second-order valence-electron chi connectivity index (χ2n) is 6.54. The molecule has 1 amide bonds. The van der Waals surface area contributed by atoms with E-state index >= 15 is 0 Å². The average Bonchev–Trinajstić information content (AvgIpc) is 2.70. The van der Waals surface area contributed by atoms with Crippen molar-refractivity contribution in [3.05, 3.63) is 69.5 Å². The second kappa shape index (κ2) is 9.26. The maximum absolute atomic E-state index is 12.9. The first-order valence-electron chi connectivity index (χ1n) is 9.14. The SMILES string of the molecule is CC[C@H](C)n1c(SCC(=O)NCc2cccc(Cl)c2)nc2ccccc2c1=O. The largest absolute Gasteiger partial charge is 0.351 e. The number of para-hydroxylation sites is 1. The summed E-state index contributed by atoms with van der Waals surface area (Å²) in [5.74, 6) is 0.0602. The summed E-state index contributed by atoms with van der Waals surface area (Å²) in [5.41, 5.74) is 1.52. The molecule has 0 saturated heterocycles. The molecule has 0 aliphatic rings. The van der Waals surface area contributed by atoms with Crippen LogP contribution in [0, 0.1) is 0 Å². The van der Waals surface area contributed by atoms with Crippen LogP contribution in [0.2, 0.25) is 5.02 Å². The summed E-state index contributed by atoms with van der Waals surface area (Å²) >= 11 is 7.25. The summed E-state index contributed by atoms with van der Waals surface area (Å²) in [6.07, 6.45) is 0.800. The van der Waals surface area contributed by atoms with Gasteiger partial charge in [0.25, 0.3) is 5.56 Å². The van der Waals surface area contributed by atoms with Gasteiger partial charge in [0.05, 0.1) is 16.7 Å². The molecule has 1 N–H and O–H groups in total. The number of halogens is 1. The number of fused-ring (bicyclic) bond motifs is 1. The Morgan fingerprint density at radius 3 is 2.79 bits per heavy atom. The first kappa shape index (κ1) is 20.4. The smallest absolute Gasteiger partial charge is 0.262 e. The van der Waals surface area contributed by atoms with E-state index in [9.17, 15) is 9.59 Å². The van der Waals surface area contributed by atoms with Gasteiger partial charge in [0.15, 0.2) is 5.16 Å². The molecule has 7 heteroatoms. The molecule has 0 aliphatic carbocycles. The Balaban J connectivity index is 1.75. The topological polar surface area (TPSA) is 64.0 Å². The van der Waals surface area contributed by atoms with E-state index in [1.54, 1.807) is 16.7 Å². The summed E-state index contributed by atoms with van der Waals surface area (Å²) in [5, 5.41) is 4.68. The van der Waals surface area contributed by atoms with Crippen molar-refractivity contribution in [3.63, 3.8) is 0 Å². The summed E-state index contributed by atoms with van der Waals surface area (Å²) in [4.78, 5) is 29.9. The molecule has 3 aromatic rings.